The summed E-state index contributed by atoms with van der Waals surface area (Å²) in [6.07, 6.45) is 3.26. The molecule has 19 heavy (non-hydrogen) atoms. The minimum absolute atomic E-state index is 0.105. The molecule has 1 aromatic carbocycles. The van der Waals surface area contributed by atoms with Crippen LogP contribution in [0, 0.1) is 5.82 Å². The second kappa shape index (κ2) is 6.02. The van der Waals surface area contributed by atoms with Crippen LogP contribution in [-0.2, 0) is 0 Å². The Hall–Kier alpha value is -1.62. The molecule has 1 aromatic rings. The summed E-state index contributed by atoms with van der Waals surface area (Å²) >= 11 is 0. The van der Waals surface area contributed by atoms with E-state index in [2.05, 4.69) is 10.6 Å². The molecule has 0 aliphatic carbocycles. The molecule has 2 atom stereocenters. The van der Waals surface area contributed by atoms with Crippen molar-refractivity contribution in [2.75, 3.05) is 6.54 Å². The van der Waals surface area contributed by atoms with Gasteiger partial charge in [-0.15, -0.1) is 0 Å². The first-order valence-electron chi connectivity index (χ1n) is 6.61. The number of nitrogens with one attached hydrogen (secondary N) is 2. The Morgan fingerprint density at radius 2 is 2.32 bits per heavy atom. The lowest BCUT2D eigenvalue weighted by atomic mass is 9.98. The smallest absolute Gasteiger partial charge is 0.258 e. The van der Waals surface area contributed by atoms with Crippen molar-refractivity contribution in [2.24, 2.45) is 0 Å². The van der Waals surface area contributed by atoms with E-state index in [1.807, 2.05) is 6.92 Å². The Morgan fingerprint density at radius 3 is 2.95 bits per heavy atom. The van der Waals surface area contributed by atoms with Gasteiger partial charge in [0.25, 0.3) is 5.91 Å². The first-order valence-corrected chi connectivity index (χ1v) is 6.61. The van der Waals surface area contributed by atoms with E-state index in [1.54, 1.807) is 0 Å². The Kier molecular flexibility index (Phi) is 4.37. The Balaban J connectivity index is 2.04. The largest absolute Gasteiger partial charge is 0.507 e. The summed E-state index contributed by atoms with van der Waals surface area (Å²) < 4.78 is 13.6. The predicted molar refractivity (Wildman–Crippen MR) is 70.6 cm³/mol. The van der Waals surface area contributed by atoms with E-state index in [1.165, 1.54) is 12.1 Å². The normalized spacial score (nSPS) is 20.8. The average Bonchev–Trinajstić information content (AvgIpc) is 2.39. The van der Waals surface area contributed by atoms with Gasteiger partial charge in [-0.1, -0.05) is 12.5 Å². The van der Waals surface area contributed by atoms with Crippen molar-refractivity contribution in [3.63, 3.8) is 0 Å². The number of phenolic OH excluding ortho intramolecular Hbond substituents is 1. The molecule has 2 unspecified atom stereocenters. The van der Waals surface area contributed by atoms with Gasteiger partial charge in [0, 0.05) is 12.1 Å². The SMILES string of the molecule is CC(NC(=O)c1c(O)cccc1F)C1CCCCN1. The molecule has 1 amide bonds. The molecule has 5 heteroatoms. The minimum Gasteiger partial charge on any atom is -0.507 e. The lowest BCUT2D eigenvalue weighted by Crippen LogP contribution is -2.50. The van der Waals surface area contributed by atoms with Crippen molar-refractivity contribution in [1.29, 1.82) is 0 Å². The lowest BCUT2D eigenvalue weighted by Gasteiger charge is -2.29. The molecule has 0 spiro atoms. The highest BCUT2D eigenvalue weighted by Crippen LogP contribution is 2.20. The van der Waals surface area contributed by atoms with Crippen molar-refractivity contribution in [3.05, 3.63) is 29.6 Å². The first-order chi connectivity index (χ1) is 9.09. The maximum Gasteiger partial charge on any atom is 0.258 e. The molecule has 104 valence electrons. The van der Waals surface area contributed by atoms with Crippen LogP contribution >= 0.6 is 0 Å². The zero-order valence-corrected chi connectivity index (χ0v) is 10.9. The lowest BCUT2D eigenvalue weighted by molar-refractivity contribution is 0.0921. The van der Waals surface area contributed by atoms with Crippen LogP contribution in [0.5, 0.6) is 5.75 Å². The number of carbonyl (C=O) groups is 1. The molecule has 0 radical (unpaired) electrons. The maximum atomic E-state index is 13.6. The highest BCUT2D eigenvalue weighted by molar-refractivity contribution is 5.97. The highest BCUT2D eigenvalue weighted by Gasteiger charge is 2.23. The quantitative estimate of drug-likeness (QED) is 0.781. The number of phenols is 1. The summed E-state index contributed by atoms with van der Waals surface area (Å²) in [5.41, 5.74) is -0.287. The van der Waals surface area contributed by atoms with Gasteiger partial charge in [-0.2, -0.15) is 0 Å². The Bertz CT molecular complexity index is 439. The summed E-state index contributed by atoms with van der Waals surface area (Å²) in [4.78, 5) is 12.0. The topological polar surface area (TPSA) is 61.4 Å². The average molecular weight is 266 g/mol. The molecule has 1 heterocycles. The third kappa shape index (κ3) is 3.23. The van der Waals surface area contributed by atoms with E-state index < -0.39 is 11.7 Å². The first kappa shape index (κ1) is 13.8. The maximum absolute atomic E-state index is 13.6. The highest BCUT2D eigenvalue weighted by atomic mass is 19.1. The summed E-state index contributed by atoms with van der Waals surface area (Å²) in [7, 11) is 0. The van der Waals surface area contributed by atoms with E-state index in [0.29, 0.717) is 0 Å². The number of hydrogen-bond acceptors (Lipinski definition) is 3. The van der Waals surface area contributed by atoms with Crippen molar-refractivity contribution < 1.29 is 14.3 Å². The number of amides is 1. The van der Waals surface area contributed by atoms with E-state index in [9.17, 15) is 14.3 Å². The van der Waals surface area contributed by atoms with E-state index in [4.69, 9.17) is 0 Å². The zero-order chi connectivity index (χ0) is 13.8. The van der Waals surface area contributed by atoms with Gasteiger partial charge in [0.2, 0.25) is 0 Å². The number of piperidine rings is 1. The van der Waals surface area contributed by atoms with Gasteiger partial charge >= 0.3 is 0 Å². The van der Waals surface area contributed by atoms with Crippen molar-refractivity contribution in [2.45, 2.75) is 38.3 Å². The number of hydrogen-bond donors (Lipinski definition) is 3. The molecular formula is C14H19FN2O2. The fraction of sp³-hybridized carbons (Fsp3) is 0.500. The molecule has 0 aromatic heterocycles. The summed E-state index contributed by atoms with van der Waals surface area (Å²) in [5.74, 6) is -1.61. The standard InChI is InChI=1S/C14H19FN2O2/c1-9(11-6-2-3-8-16-11)17-14(19)13-10(15)5-4-7-12(13)18/h4-5,7,9,11,16,18H,2-3,6,8H2,1H3,(H,17,19). The van der Waals surface area contributed by atoms with Crippen molar-refractivity contribution in [3.8, 4) is 5.75 Å². The van der Waals surface area contributed by atoms with Crippen LogP contribution in [0.15, 0.2) is 18.2 Å². The van der Waals surface area contributed by atoms with Crippen LogP contribution in [0.25, 0.3) is 0 Å². The van der Waals surface area contributed by atoms with E-state index >= 15 is 0 Å². The van der Waals surface area contributed by atoms with Crippen molar-refractivity contribution >= 4 is 5.91 Å². The second-order valence-corrected chi connectivity index (χ2v) is 4.95. The van der Waals surface area contributed by atoms with Crippen LogP contribution in [0.2, 0.25) is 0 Å². The third-order valence-corrected chi connectivity index (χ3v) is 3.53. The second-order valence-electron chi connectivity index (χ2n) is 4.95. The van der Waals surface area contributed by atoms with Gasteiger partial charge < -0.3 is 15.7 Å². The van der Waals surface area contributed by atoms with Crippen LogP contribution in [0.4, 0.5) is 4.39 Å². The molecule has 0 bridgehead atoms. The van der Waals surface area contributed by atoms with Gasteiger partial charge in [0.1, 0.15) is 17.1 Å². The molecule has 3 N–H and O–H groups in total. The zero-order valence-electron chi connectivity index (χ0n) is 10.9. The van der Waals surface area contributed by atoms with E-state index in [0.717, 1.165) is 31.9 Å². The van der Waals surface area contributed by atoms with Crippen LogP contribution < -0.4 is 10.6 Å². The van der Waals surface area contributed by atoms with Gasteiger partial charge in [-0.25, -0.2) is 4.39 Å². The number of halogens is 1. The van der Waals surface area contributed by atoms with Crippen LogP contribution in [0.1, 0.15) is 36.5 Å². The Morgan fingerprint density at radius 1 is 1.53 bits per heavy atom. The molecule has 1 aliphatic rings. The number of rotatable bonds is 3. The van der Waals surface area contributed by atoms with Crippen molar-refractivity contribution in [1.82, 2.24) is 10.6 Å². The molecule has 1 aliphatic heterocycles. The Labute approximate surface area is 112 Å². The summed E-state index contributed by atoms with van der Waals surface area (Å²) in [6, 6.07) is 3.94. The van der Waals surface area contributed by atoms with Gasteiger partial charge in [0.15, 0.2) is 0 Å². The number of aromatic hydroxyl groups is 1. The molecule has 2 rings (SSSR count). The summed E-state index contributed by atoms with van der Waals surface area (Å²) in [5, 5.41) is 15.6. The van der Waals surface area contributed by atoms with Crippen LogP contribution in [-0.4, -0.2) is 29.6 Å². The molecule has 1 saturated heterocycles. The molecular weight excluding hydrogens is 247 g/mol. The predicted octanol–water partition coefficient (Wildman–Crippen LogP) is 1.79. The van der Waals surface area contributed by atoms with E-state index in [-0.39, 0.29) is 23.4 Å². The van der Waals surface area contributed by atoms with Gasteiger partial charge in [-0.3, -0.25) is 4.79 Å². The number of carbonyl (C=O) groups excluding carboxylic acids is 1. The van der Waals surface area contributed by atoms with Crippen LogP contribution in [0.3, 0.4) is 0 Å². The summed E-state index contributed by atoms with van der Waals surface area (Å²) in [6.45, 7) is 2.83. The third-order valence-electron chi connectivity index (χ3n) is 3.53. The number of benzene rings is 1. The fourth-order valence-corrected chi connectivity index (χ4v) is 2.42. The van der Waals surface area contributed by atoms with Gasteiger partial charge in [-0.05, 0) is 38.4 Å². The fourth-order valence-electron chi connectivity index (χ4n) is 2.42. The molecule has 4 nitrogen and oxygen atoms in total. The monoisotopic (exact) mass is 266 g/mol. The minimum atomic E-state index is -0.707. The van der Waals surface area contributed by atoms with Gasteiger partial charge in [0.05, 0.1) is 0 Å². The molecule has 0 saturated carbocycles. The molecule has 1 fully saturated rings.